The molecule has 1 fully saturated rings. The van der Waals surface area contributed by atoms with E-state index in [1.54, 1.807) is 6.07 Å². The van der Waals surface area contributed by atoms with Gasteiger partial charge in [-0.1, -0.05) is 6.07 Å². The Morgan fingerprint density at radius 1 is 1.30 bits per heavy atom. The third-order valence-electron chi connectivity index (χ3n) is 3.72. The lowest BCUT2D eigenvalue weighted by Crippen LogP contribution is -2.20. The molecule has 0 spiro atoms. The number of halogens is 1. The number of pyridine rings is 1. The molecule has 4 nitrogen and oxygen atoms in total. The van der Waals surface area contributed by atoms with Gasteiger partial charge in [-0.25, -0.2) is 9.67 Å². The lowest BCUT2D eigenvalue weighted by atomic mass is 10.1. The fourth-order valence-electron chi connectivity index (χ4n) is 2.78. The fourth-order valence-corrected chi connectivity index (χ4v) is 2.78. The average molecular weight is 275 g/mol. The minimum atomic E-state index is -0.469. The molecule has 1 unspecified atom stereocenters. The molecule has 2 aromatic rings. The van der Waals surface area contributed by atoms with Crippen LogP contribution in [0.2, 0.25) is 0 Å². The molecule has 3 heterocycles. The largest absolute Gasteiger partial charge is 0.357 e. The van der Waals surface area contributed by atoms with E-state index >= 15 is 0 Å². The van der Waals surface area contributed by atoms with Crippen LogP contribution in [0.25, 0.3) is 11.3 Å². The second-order valence-electron chi connectivity index (χ2n) is 5.16. The highest BCUT2D eigenvalue weighted by Gasteiger charge is 2.22. The van der Waals surface area contributed by atoms with Crippen LogP contribution in [-0.4, -0.2) is 21.4 Å². The molecule has 0 aromatic carbocycles. The summed E-state index contributed by atoms with van der Waals surface area (Å²) < 4.78 is 21.0. The van der Waals surface area contributed by atoms with Crippen LogP contribution in [0.15, 0.2) is 18.2 Å². The molecule has 1 atom stereocenters. The van der Waals surface area contributed by atoms with Crippen LogP contribution < -0.4 is 0 Å². The van der Waals surface area contributed by atoms with Gasteiger partial charge in [-0.05, 0) is 45.2 Å². The summed E-state index contributed by atoms with van der Waals surface area (Å²) >= 11 is 0. The molecule has 0 bridgehead atoms. The third kappa shape index (κ3) is 2.33. The molecule has 0 radical (unpaired) electrons. The number of hydrogen-bond donors (Lipinski definition) is 0. The van der Waals surface area contributed by atoms with E-state index in [4.69, 9.17) is 4.74 Å². The quantitative estimate of drug-likeness (QED) is 0.789. The maximum atomic E-state index is 13.3. The summed E-state index contributed by atoms with van der Waals surface area (Å²) in [6.07, 6.45) is 3.22. The highest BCUT2D eigenvalue weighted by atomic mass is 19.1. The van der Waals surface area contributed by atoms with Gasteiger partial charge < -0.3 is 4.74 Å². The predicted molar refractivity (Wildman–Crippen MR) is 73.7 cm³/mol. The number of aromatic nitrogens is 3. The molecule has 3 rings (SSSR count). The van der Waals surface area contributed by atoms with Gasteiger partial charge in [0.2, 0.25) is 5.95 Å². The summed E-state index contributed by atoms with van der Waals surface area (Å²) in [5.41, 5.74) is 3.36. The summed E-state index contributed by atoms with van der Waals surface area (Å²) in [4.78, 5) is 3.96. The Bertz CT molecular complexity index is 618. The van der Waals surface area contributed by atoms with Gasteiger partial charge in [0, 0.05) is 17.9 Å². The van der Waals surface area contributed by atoms with Crippen LogP contribution in [0.4, 0.5) is 4.39 Å². The highest BCUT2D eigenvalue weighted by molar-refractivity contribution is 5.64. The number of hydrogen-bond acceptors (Lipinski definition) is 3. The lowest BCUT2D eigenvalue weighted by Gasteiger charge is -2.24. The molecule has 1 aliphatic heterocycles. The zero-order valence-corrected chi connectivity index (χ0v) is 11.8. The van der Waals surface area contributed by atoms with Crippen molar-refractivity contribution in [1.82, 2.24) is 14.8 Å². The van der Waals surface area contributed by atoms with Crippen molar-refractivity contribution in [3.05, 3.63) is 35.5 Å². The Hall–Kier alpha value is -1.75. The number of nitrogens with zero attached hydrogens (tertiary/aromatic N) is 3. The second kappa shape index (κ2) is 5.32. The zero-order valence-electron chi connectivity index (χ0n) is 11.8. The minimum Gasteiger partial charge on any atom is -0.357 e. The van der Waals surface area contributed by atoms with E-state index in [9.17, 15) is 4.39 Å². The molecule has 20 heavy (non-hydrogen) atoms. The Labute approximate surface area is 117 Å². The van der Waals surface area contributed by atoms with Gasteiger partial charge in [0.25, 0.3) is 0 Å². The third-order valence-corrected chi connectivity index (χ3v) is 3.72. The molecule has 106 valence electrons. The number of ether oxygens (including phenoxy) is 1. The van der Waals surface area contributed by atoms with Crippen molar-refractivity contribution < 1.29 is 9.13 Å². The van der Waals surface area contributed by atoms with E-state index < -0.39 is 5.95 Å². The maximum absolute atomic E-state index is 13.3. The van der Waals surface area contributed by atoms with Gasteiger partial charge in [-0.2, -0.15) is 9.49 Å². The van der Waals surface area contributed by atoms with Crippen LogP contribution in [0, 0.1) is 19.8 Å². The summed E-state index contributed by atoms with van der Waals surface area (Å²) in [6.45, 7) is 4.69. The van der Waals surface area contributed by atoms with Crippen molar-refractivity contribution >= 4 is 0 Å². The molecule has 5 heteroatoms. The molecular formula is C15H18FN3O. The van der Waals surface area contributed by atoms with Crippen molar-refractivity contribution in [2.45, 2.75) is 39.3 Å². The minimum absolute atomic E-state index is 0.00948. The van der Waals surface area contributed by atoms with Crippen LogP contribution in [0.3, 0.4) is 0 Å². The first kappa shape index (κ1) is 13.2. The topological polar surface area (TPSA) is 39.9 Å². The first-order valence-corrected chi connectivity index (χ1v) is 6.97. The smallest absolute Gasteiger partial charge is 0.213 e. The van der Waals surface area contributed by atoms with Gasteiger partial charge in [-0.15, -0.1) is 0 Å². The highest BCUT2D eigenvalue weighted by Crippen LogP contribution is 2.30. The van der Waals surface area contributed by atoms with E-state index in [1.165, 1.54) is 6.07 Å². The van der Waals surface area contributed by atoms with Gasteiger partial charge in [0.15, 0.2) is 0 Å². The number of rotatable bonds is 2. The Balaban J connectivity index is 2.02. The van der Waals surface area contributed by atoms with Crippen molar-refractivity contribution in [2.75, 3.05) is 6.61 Å². The van der Waals surface area contributed by atoms with Crippen molar-refractivity contribution in [3.8, 4) is 11.3 Å². The van der Waals surface area contributed by atoms with Crippen molar-refractivity contribution in [3.63, 3.8) is 0 Å². The fraction of sp³-hybridized carbons (Fsp3) is 0.467. The van der Waals surface area contributed by atoms with Gasteiger partial charge in [0.1, 0.15) is 6.23 Å². The molecule has 2 aromatic heterocycles. The monoisotopic (exact) mass is 275 g/mol. The van der Waals surface area contributed by atoms with E-state index in [-0.39, 0.29) is 6.23 Å². The number of aryl methyl sites for hydroxylation is 1. The van der Waals surface area contributed by atoms with Crippen LogP contribution in [-0.2, 0) is 4.74 Å². The zero-order chi connectivity index (χ0) is 14.1. The van der Waals surface area contributed by atoms with Crippen LogP contribution >= 0.6 is 0 Å². The van der Waals surface area contributed by atoms with Crippen molar-refractivity contribution in [2.24, 2.45) is 0 Å². The normalized spacial score (nSPS) is 19.2. The molecule has 1 aliphatic rings. The maximum Gasteiger partial charge on any atom is 0.213 e. The Morgan fingerprint density at radius 2 is 2.15 bits per heavy atom. The SMILES string of the molecule is Cc1nn(C2CCCCO2)c(C)c1-c1cccc(F)n1. The van der Waals surface area contributed by atoms with Crippen LogP contribution in [0.1, 0.15) is 36.9 Å². The Morgan fingerprint density at radius 3 is 2.85 bits per heavy atom. The van der Waals surface area contributed by atoms with Crippen molar-refractivity contribution in [1.29, 1.82) is 0 Å². The molecule has 0 aliphatic carbocycles. The summed E-state index contributed by atoms with van der Waals surface area (Å²) in [7, 11) is 0. The van der Waals surface area contributed by atoms with E-state index in [1.807, 2.05) is 24.6 Å². The average Bonchev–Trinajstić information content (AvgIpc) is 2.75. The molecule has 1 saturated heterocycles. The Kier molecular flexibility index (Phi) is 3.53. The standard InChI is InChI=1S/C15H18FN3O/c1-10-15(12-6-5-7-13(16)17-12)11(2)19(18-10)14-8-3-4-9-20-14/h5-7,14H,3-4,8-9H2,1-2H3. The van der Waals surface area contributed by atoms with E-state index in [2.05, 4.69) is 10.1 Å². The summed E-state index contributed by atoms with van der Waals surface area (Å²) in [6, 6.07) is 4.83. The first-order chi connectivity index (χ1) is 9.66. The lowest BCUT2D eigenvalue weighted by molar-refractivity contribution is -0.0407. The molecule has 0 amide bonds. The second-order valence-corrected chi connectivity index (χ2v) is 5.16. The summed E-state index contributed by atoms with van der Waals surface area (Å²) in [5.74, 6) is -0.469. The predicted octanol–water partition coefficient (Wildman–Crippen LogP) is 3.40. The van der Waals surface area contributed by atoms with Crippen LogP contribution in [0.5, 0.6) is 0 Å². The first-order valence-electron chi connectivity index (χ1n) is 6.97. The van der Waals surface area contributed by atoms with Gasteiger partial charge in [-0.3, -0.25) is 0 Å². The van der Waals surface area contributed by atoms with Gasteiger partial charge >= 0.3 is 0 Å². The summed E-state index contributed by atoms with van der Waals surface area (Å²) in [5, 5.41) is 4.57. The van der Waals surface area contributed by atoms with E-state index in [0.29, 0.717) is 5.69 Å². The van der Waals surface area contributed by atoms with E-state index in [0.717, 1.165) is 42.8 Å². The molecule has 0 saturated carbocycles. The molecule has 0 N–H and O–H groups in total. The van der Waals surface area contributed by atoms with Gasteiger partial charge in [0.05, 0.1) is 11.4 Å². The molecular weight excluding hydrogens is 257 g/mol.